The van der Waals surface area contributed by atoms with Gasteiger partial charge in [0.1, 0.15) is 10.6 Å². The minimum Gasteiger partial charge on any atom is -0.369 e. The smallest absolute Gasteiger partial charge is 0.191 e. The Bertz CT molecular complexity index is 987. The lowest BCUT2D eigenvalue weighted by atomic mass is 9.90. The van der Waals surface area contributed by atoms with Gasteiger partial charge in [0.05, 0.1) is 17.6 Å². The molecule has 3 heterocycles. The number of nitrogens with one attached hydrogen (secondary N) is 1. The van der Waals surface area contributed by atoms with Crippen LogP contribution in [-0.2, 0) is 24.2 Å². The molecule has 0 spiro atoms. The van der Waals surface area contributed by atoms with E-state index in [1.54, 1.807) is 23.1 Å². The van der Waals surface area contributed by atoms with Gasteiger partial charge in [-0.15, -0.1) is 11.3 Å². The summed E-state index contributed by atoms with van der Waals surface area (Å²) in [5, 5.41) is 6.14. The Hall–Kier alpha value is -1.63. The molecule has 0 fully saturated rings. The number of anilines is 1. The Labute approximate surface area is 181 Å². The summed E-state index contributed by atoms with van der Waals surface area (Å²) in [7, 11) is 0. The second-order valence-corrected chi connectivity index (χ2v) is 10.8. The average molecular weight is 428 g/mol. The normalized spacial score (nSPS) is 18.9. The van der Waals surface area contributed by atoms with Crippen molar-refractivity contribution in [3.05, 3.63) is 46.3 Å². The van der Waals surface area contributed by atoms with E-state index >= 15 is 0 Å². The maximum absolute atomic E-state index is 6.18. The van der Waals surface area contributed by atoms with Crippen LogP contribution in [0.5, 0.6) is 0 Å². The Kier molecular flexibility index (Phi) is 6.13. The Morgan fingerprint density at radius 1 is 1.24 bits per heavy atom. The monoisotopic (exact) mass is 427 g/mol. The van der Waals surface area contributed by atoms with Gasteiger partial charge in [-0.1, -0.05) is 62.9 Å². The van der Waals surface area contributed by atoms with Crippen molar-refractivity contribution in [3.63, 3.8) is 0 Å². The predicted octanol–water partition coefficient (Wildman–Crippen LogP) is 6.09. The van der Waals surface area contributed by atoms with E-state index in [1.807, 2.05) is 0 Å². The van der Waals surface area contributed by atoms with E-state index in [0.717, 1.165) is 41.6 Å². The van der Waals surface area contributed by atoms with Gasteiger partial charge in [-0.05, 0) is 30.9 Å². The molecule has 6 heteroatoms. The Morgan fingerprint density at radius 2 is 2.03 bits per heavy atom. The SMILES string of the molecule is CCC1(C)Cc2c(sc3nc(SC(C)C)nc(NCCc4ccccc4)c23)CO1. The third kappa shape index (κ3) is 4.60. The molecule has 1 atom stereocenters. The topological polar surface area (TPSA) is 47.0 Å². The molecule has 0 saturated heterocycles. The minimum absolute atomic E-state index is 0.104. The van der Waals surface area contributed by atoms with Gasteiger partial charge in [0.15, 0.2) is 5.16 Å². The molecular weight excluding hydrogens is 398 g/mol. The van der Waals surface area contributed by atoms with Gasteiger partial charge in [-0.2, -0.15) is 0 Å². The zero-order chi connectivity index (χ0) is 20.4. The first kappa shape index (κ1) is 20.6. The van der Waals surface area contributed by atoms with E-state index in [0.29, 0.717) is 11.9 Å². The Morgan fingerprint density at radius 3 is 2.76 bits per heavy atom. The van der Waals surface area contributed by atoms with Gasteiger partial charge in [0.25, 0.3) is 0 Å². The lowest BCUT2D eigenvalue weighted by Gasteiger charge is -2.33. The molecule has 3 aromatic rings. The van der Waals surface area contributed by atoms with Crippen LogP contribution >= 0.6 is 23.1 Å². The fraction of sp³-hybridized carbons (Fsp3) is 0.478. The molecule has 1 aliphatic heterocycles. The molecule has 0 radical (unpaired) electrons. The molecule has 0 saturated carbocycles. The molecule has 1 aromatic carbocycles. The predicted molar refractivity (Wildman–Crippen MR) is 124 cm³/mol. The van der Waals surface area contributed by atoms with E-state index in [9.17, 15) is 0 Å². The molecule has 0 amide bonds. The molecule has 1 aliphatic rings. The minimum atomic E-state index is -0.104. The summed E-state index contributed by atoms with van der Waals surface area (Å²) in [6, 6.07) is 10.6. The summed E-state index contributed by atoms with van der Waals surface area (Å²) in [6.45, 7) is 10.3. The van der Waals surface area contributed by atoms with Crippen LogP contribution in [0.1, 0.15) is 50.1 Å². The summed E-state index contributed by atoms with van der Waals surface area (Å²) >= 11 is 3.49. The molecule has 4 nitrogen and oxygen atoms in total. The van der Waals surface area contributed by atoms with Crippen molar-refractivity contribution in [2.75, 3.05) is 11.9 Å². The van der Waals surface area contributed by atoms with E-state index in [1.165, 1.54) is 21.4 Å². The van der Waals surface area contributed by atoms with Crippen LogP contribution in [0.2, 0.25) is 0 Å². The van der Waals surface area contributed by atoms with Crippen molar-refractivity contribution in [1.82, 2.24) is 9.97 Å². The number of thioether (sulfide) groups is 1. The largest absolute Gasteiger partial charge is 0.369 e. The van der Waals surface area contributed by atoms with Gasteiger partial charge in [-0.25, -0.2) is 9.97 Å². The van der Waals surface area contributed by atoms with Crippen molar-refractivity contribution in [1.29, 1.82) is 0 Å². The van der Waals surface area contributed by atoms with Crippen molar-refractivity contribution in [2.45, 2.75) is 69.6 Å². The summed E-state index contributed by atoms with van der Waals surface area (Å²) in [4.78, 5) is 12.2. The van der Waals surface area contributed by atoms with Crippen LogP contribution in [0.4, 0.5) is 5.82 Å². The number of ether oxygens (including phenoxy) is 1. The average Bonchev–Trinajstić information content (AvgIpc) is 3.05. The van der Waals surface area contributed by atoms with Crippen molar-refractivity contribution in [3.8, 4) is 0 Å². The number of rotatable bonds is 7. The van der Waals surface area contributed by atoms with Crippen LogP contribution in [0, 0.1) is 0 Å². The quantitative estimate of drug-likeness (QED) is 0.365. The highest BCUT2D eigenvalue weighted by Gasteiger charge is 2.33. The molecule has 154 valence electrons. The zero-order valence-electron chi connectivity index (χ0n) is 17.6. The number of benzene rings is 1. The third-order valence-corrected chi connectivity index (χ3v) is 7.42. The molecule has 4 rings (SSSR count). The lowest BCUT2D eigenvalue weighted by Crippen LogP contribution is -2.34. The van der Waals surface area contributed by atoms with Crippen LogP contribution in [0.15, 0.2) is 35.5 Å². The first-order chi connectivity index (χ1) is 14.0. The Balaban J connectivity index is 1.68. The highest BCUT2D eigenvalue weighted by molar-refractivity contribution is 7.99. The fourth-order valence-corrected chi connectivity index (χ4v) is 5.51. The fourth-order valence-electron chi connectivity index (χ4n) is 3.64. The van der Waals surface area contributed by atoms with Crippen molar-refractivity contribution in [2.24, 2.45) is 0 Å². The van der Waals surface area contributed by atoms with Gasteiger partial charge >= 0.3 is 0 Å². The highest BCUT2D eigenvalue weighted by atomic mass is 32.2. The first-order valence-electron chi connectivity index (χ1n) is 10.4. The number of aromatic nitrogens is 2. The van der Waals surface area contributed by atoms with Crippen molar-refractivity contribution >= 4 is 39.1 Å². The number of hydrogen-bond donors (Lipinski definition) is 1. The van der Waals surface area contributed by atoms with Crippen molar-refractivity contribution < 1.29 is 4.74 Å². The molecule has 0 bridgehead atoms. The van der Waals surface area contributed by atoms with Gasteiger partial charge < -0.3 is 10.1 Å². The second kappa shape index (κ2) is 8.62. The summed E-state index contributed by atoms with van der Waals surface area (Å²) in [5.41, 5.74) is 2.61. The highest BCUT2D eigenvalue weighted by Crippen LogP contribution is 2.42. The van der Waals surface area contributed by atoms with Gasteiger partial charge in [0, 0.05) is 23.1 Å². The molecular formula is C23H29N3OS2. The van der Waals surface area contributed by atoms with Crippen LogP contribution in [0.25, 0.3) is 10.2 Å². The van der Waals surface area contributed by atoms with Gasteiger partial charge in [0.2, 0.25) is 0 Å². The molecule has 1 unspecified atom stereocenters. The first-order valence-corrected chi connectivity index (χ1v) is 12.1. The van der Waals surface area contributed by atoms with Gasteiger partial charge in [-0.3, -0.25) is 0 Å². The van der Waals surface area contributed by atoms with E-state index < -0.39 is 0 Å². The van der Waals surface area contributed by atoms with Crippen LogP contribution < -0.4 is 5.32 Å². The summed E-state index contributed by atoms with van der Waals surface area (Å²) < 4.78 is 6.18. The lowest BCUT2D eigenvalue weighted by molar-refractivity contribution is -0.0542. The molecule has 0 aliphatic carbocycles. The number of nitrogens with zero attached hydrogens (tertiary/aromatic N) is 2. The number of hydrogen-bond acceptors (Lipinski definition) is 6. The summed E-state index contributed by atoms with van der Waals surface area (Å²) in [5.74, 6) is 0.979. The maximum atomic E-state index is 6.18. The zero-order valence-corrected chi connectivity index (χ0v) is 19.3. The van der Waals surface area contributed by atoms with E-state index in [2.05, 4.69) is 63.3 Å². The second-order valence-electron chi connectivity index (χ2n) is 8.14. The van der Waals surface area contributed by atoms with E-state index in [-0.39, 0.29) is 5.60 Å². The van der Waals surface area contributed by atoms with Crippen LogP contribution in [0.3, 0.4) is 0 Å². The molecule has 29 heavy (non-hydrogen) atoms. The third-order valence-electron chi connectivity index (χ3n) is 5.45. The van der Waals surface area contributed by atoms with E-state index in [4.69, 9.17) is 14.7 Å². The molecule has 2 aromatic heterocycles. The van der Waals surface area contributed by atoms with Crippen LogP contribution in [-0.4, -0.2) is 27.4 Å². The maximum Gasteiger partial charge on any atom is 0.191 e. The standard InChI is InChI=1S/C23H29N3OS2/c1-5-23(4)13-17-18(14-27-23)29-21-19(17)20(25-22(26-21)28-15(2)3)24-12-11-16-9-7-6-8-10-16/h6-10,15H,5,11-14H2,1-4H3,(H,24,25,26). The number of thiophene rings is 1. The summed E-state index contributed by atoms with van der Waals surface area (Å²) in [6.07, 6.45) is 2.90. The molecule has 1 N–H and O–H groups in total. The number of fused-ring (bicyclic) bond motifs is 3.